The average Bonchev–Trinajstić information content (AvgIpc) is 3.16. The quantitative estimate of drug-likeness (QED) is 0.296. The number of fused-ring (bicyclic) bond motifs is 1. The number of nitrogens with one attached hydrogen (secondary N) is 2. The van der Waals surface area contributed by atoms with Gasteiger partial charge < -0.3 is 10.1 Å². The molecule has 1 amide bonds. The van der Waals surface area contributed by atoms with Crippen LogP contribution in [0.4, 0.5) is 22.1 Å². The van der Waals surface area contributed by atoms with Gasteiger partial charge in [0.15, 0.2) is 5.82 Å². The average molecular weight is 498 g/mol. The summed E-state index contributed by atoms with van der Waals surface area (Å²) in [5, 5.41) is 18.5. The van der Waals surface area contributed by atoms with Crippen molar-refractivity contribution in [3.05, 3.63) is 46.2 Å². The minimum absolute atomic E-state index is 0.0312. The number of hydrogen-bond acceptors (Lipinski definition) is 9. The van der Waals surface area contributed by atoms with Crippen LogP contribution in [0.3, 0.4) is 0 Å². The molecule has 1 aromatic carbocycles. The van der Waals surface area contributed by atoms with E-state index in [1.807, 2.05) is 25.1 Å². The van der Waals surface area contributed by atoms with Crippen molar-refractivity contribution in [3.63, 3.8) is 0 Å². The fraction of sp³-hybridized carbons (Fsp3) is 0.190. The number of anilines is 3. The van der Waals surface area contributed by atoms with Crippen molar-refractivity contribution in [2.24, 2.45) is 0 Å². The summed E-state index contributed by atoms with van der Waals surface area (Å²) in [6, 6.07) is 7.31. The Labute approximate surface area is 203 Å². The molecule has 0 saturated carbocycles. The van der Waals surface area contributed by atoms with E-state index >= 15 is 0 Å². The molecule has 13 heteroatoms. The molecule has 0 radical (unpaired) electrons. The lowest BCUT2D eigenvalue weighted by molar-refractivity contribution is 0.164. The van der Waals surface area contributed by atoms with Crippen LogP contribution in [0.2, 0.25) is 10.6 Å². The highest BCUT2D eigenvalue weighted by molar-refractivity contribution is 6.31. The Hall–Kier alpha value is -4.01. The second-order valence-electron chi connectivity index (χ2n) is 6.99. The lowest BCUT2D eigenvalue weighted by Crippen LogP contribution is -2.15. The van der Waals surface area contributed by atoms with Crippen LogP contribution in [-0.2, 0) is 4.74 Å². The molecular formula is C21H17Cl2N9O2. The van der Waals surface area contributed by atoms with Gasteiger partial charge in [-0.1, -0.05) is 12.1 Å². The third-order valence-electron chi connectivity index (χ3n) is 4.60. The van der Waals surface area contributed by atoms with Crippen molar-refractivity contribution in [2.75, 3.05) is 17.2 Å². The van der Waals surface area contributed by atoms with Gasteiger partial charge in [-0.2, -0.15) is 24.6 Å². The minimum atomic E-state index is -0.662. The number of aromatic nitrogens is 7. The summed E-state index contributed by atoms with van der Waals surface area (Å²) in [7, 11) is 0. The van der Waals surface area contributed by atoms with Crippen LogP contribution in [0.1, 0.15) is 17.8 Å². The van der Waals surface area contributed by atoms with E-state index in [1.165, 1.54) is 4.52 Å². The number of nitrogens with zero attached hydrogens (tertiary/aromatic N) is 7. The Bertz CT molecular complexity index is 1410. The molecule has 2 N–H and O–H groups in total. The summed E-state index contributed by atoms with van der Waals surface area (Å²) in [6.07, 6.45) is 4.84. The number of hydrogen-bond donors (Lipinski definition) is 2. The van der Waals surface area contributed by atoms with Gasteiger partial charge in [0.2, 0.25) is 22.2 Å². The van der Waals surface area contributed by atoms with Gasteiger partial charge in [0.1, 0.15) is 6.61 Å². The van der Waals surface area contributed by atoms with E-state index in [0.29, 0.717) is 35.0 Å². The number of carbonyl (C=O) groups is 1. The predicted molar refractivity (Wildman–Crippen MR) is 127 cm³/mol. The standard InChI is InChI=1S/C21H17Cl2N9O2/c1-4-5-8-34-21(33)25-16-10-15(31-32-12(3)29-30-17(16)32)13-7-6-11(2)14(9-13)24-20-27-18(22)26-19(23)28-20/h1,6-7,9-10H,5,8H2,2-3H3,(H,25,33)(H,24,26,27,28). The number of carbonyl (C=O) groups excluding carboxylic acids is 1. The molecule has 34 heavy (non-hydrogen) atoms. The van der Waals surface area contributed by atoms with E-state index in [4.69, 9.17) is 34.4 Å². The zero-order chi connectivity index (χ0) is 24.2. The molecule has 0 aliphatic rings. The molecule has 0 aliphatic carbocycles. The fourth-order valence-electron chi connectivity index (χ4n) is 2.98. The third-order valence-corrected chi connectivity index (χ3v) is 4.94. The molecule has 0 aliphatic heterocycles. The van der Waals surface area contributed by atoms with E-state index in [-0.39, 0.29) is 23.1 Å². The molecule has 0 bridgehead atoms. The predicted octanol–water partition coefficient (Wildman–Crippen LogP) is 4.22. The van der Waals surface area contributed by atoms with Crippen molar-refractivity contribution in [1.82, 2.24) is 34.8 Å². The molecule has 3 heterocycles. The van der Waals surface area contributed by atoms with Crippen LogP contribution in [0.5, 0.6) is 0 Å². The van der Waals surface area contributed by atoms with Crippen LogP contribution in [-0.4, -0.2) is 47.5 Å². The molecule has 4 rings (SSSR count). The van der Waals surface area contributed by atoms with Crippen molar-refractivity contribution < 1.29 is 9.53 Å². The summed E-state index contributed by atoms with van der Waals surface area (Å²) < 4.78 is 6.62. The lowest BCUT2D eigenvalue weighted by atomic mass is 10.1. The number of rotatable bonds is 6. The minimum Gasteiger partial charge on any atom is -0.448 e. The zero-order valence-corrected chi connectivity index (χ0v) is 19.5. The van der Waals surface area contributed by atoms with Crippen LogP contribution in [0.15, 0.2) is 24.3 Å². The Morgan fingerprint density at radius 2 is 1.88 bits per heavy atom. The summed E-state index contributed by atoms with van der Waals surface area (Å²) in [6.45, 7) is 3.76. The molecule has 0 unspecified atom stereocenters. The van der Waals surface area contributed by atoms with Crippen molar-refractivity contribution in [1.29, 1.82) is 0 Å². The van der Waals surface area contributed by atoms with E-state index in [1.54, 1.807) is 13.0 Å². The van der Waals surface area contributed by atoms with E-state index in [9.17, 15) is 4.79 Å². The van der Waals surface area contributed by atoms with E-state index in [0.717, 1.165) is 11.1 Å². The van der Waals surface area contributed by atoms with Crippen LogP contribution < -0.4 is 10.6 Å². The maximum atomic E-state index is 12.2. The van der Waals surface area contributed by atoms with Crippen LogP contribution in [0.25, 0.3) is 16.9 Å². The second kappa shape index (κ2) is 9.86. The number of aryl methyl sites for hydroxylation is 2. The lowest BCUT2D eigenvalue weighted by Gasteiger charge is -2.12. The van der Waals surface area contributed by atoms with Gasteiger partial charge in [-0.05, 0) is 54.7 Å². The van der Waals surface area contributed by atoms with Crippen LogP contribution in [0, 0.1) is 26.2 Å². The van der Waals surface area contributed by atoms with Gasteiger partial charge in [0.25, 0.3) is 0 Å². The molecule has 172 valence electrons. The summed E-state index contributed by atoms with van der Waals surface area (Å²) in [4.78, 5) is 24.0. The third kappa shape index (κ3) is 5.14. The maximum absolute atomic E-state index is 12.2. The largest absolute Gasteiger partial charge is 0.448 e. The Morgan fingerprint density at radius 3 is 2.62 bits per heavy atom. The molecule has 3 aromatic heterocycles. The molecule has 0 saturated heterocycles. The van der Waals surface area contributed by atoms with Gasteiger partial charge in [0, 0.05) is 17.7 Å². The van der Waals surface area contributed by atoms with E-state index < -0.39 is 6.09 Å². The van der Waals surface area contributed by atoms with Gasteiger partial charge in [-0.3, -0.25) is 5.32 Å². The number of terminal acetylenes is 1. The first kappa shape index (κ1) is 23.2. The smallest absolute Gasteiger partial charge is 0.411 e. The highest BCUT2D eigenvalue weighted by Crippen LogP contribution is 2.29. The van der Waals surface area contributed by atoms with Gasteiger partial charge >= 0.3 is 6.09 Å². The van der Waals surface area contributed by atoms with Gasteiger partial charge in [0.05, 0.1) is 11.4 Å². The first-order valence-corrected chi connectivity index (χ1v) is 10.6. The number of benzene rings is 1. The Morgan fingerprint density at radius 1 is 1.12 bits per heavy atom. The zero-order valence-electron chi connectivity index (χ0n) is 18.0. The molecule has 4 aromatic rings. The highest BCUT2D eigenvalue weighted by atomic mass is 35.5. The van der Waals surface area contributed by atoms with Crippen LogP contribution >= 0.6 is 23.2 Å². The summed E-state index contributed by atoms with van der Waals surface area (Å²) in [5.74, 6) is 3.15. The number of ether oxygens (including phenoxy) is 1. The molecular weight excluding hydrogens is 481 g/mol. The first-order chi connectivity index (χ1) is 16.3. The fourth-order valence-corrected chi connectivity index (χ4v) is 3.35. The molecule has 0 fully saturated rings. The van der Waals surface area contributed by atoms with Gasteiger partial charge in [-0.15, -0.1) is 22.5 Å². The summed E-state index contributed by atoms with van der Waals surface area (Å²) in [5.41, 5.74) is 3.63. The SMILES string of the molecule is C#CCCOC(=O)Nc1cc(-c2ccc(C)c(Nc3nc(Cl)nc(Cl)n3)c2)nn2c(C)nnc12. The monoisotopic (exact) mass is 497 g/mol. The second-order valence-corrected chi connectivity index (χ2v) is 7.67. The van der Waals surface area contributed by atoms with Crippen molar-refractivity contribution in [3.8, 4) is 23.6 Å². The van der Waals surface area contributed by atoms with Crippen molar-refractivity contribution in [2.45, 2.75) is 20.3 Å². The maximum Gasteiger partial charge on any atom is 0.411 e. The van der Waals surface area contributed by atoms with Crippen molar-refractivity contribution >= 4 is 52.3 Å². The summed E-state index contributed by atoms with van der Waals surface area (Å²) >= 11 is 11.8. The normalized spacial score (nSPS) is 10.7. The Balaban J connectivity index is 1.70. The first-order valence-electron chi connectivity index (χ1n) is 9.89. The number of halogens is 2. The van der Waals surface area contributed by atoms with E-state index in [2.05, 4.69) is 46.8 Å². The molecule has 0 spiro atoms. The molecule has 0 atom stereocenters. The topological polar surface area (TPSA) is 132 Å². The van der Waals surface area contributed by atoms with Gasteiger partial charge in [-0.25, -0.2) is 4.79 Å². The highest BCUT2D eigenvalue weighted by Gasteiger charge is 2.16. The number of amides is 1. The Kier molecular flexibility index (Phi) is 6.72. The molecule has 11 nitrogen and oxygen atoms in total.